The molecule has 0 saturated carbocycles. The fourth-order valence-electron chi connectivity index (χ4n) is 2.74. The third kappa shape index (κ3) is 2.23. The summed E-state index contributed by atoms with van der Waals surface area (Å²) in [6.07, 6.45) is 0.562. The van der Waals surface area contributed by atoms with Crippen molar-refractivity contribution < 1.29 is 4.79 Å². The molecule has 0 fully saturated rings. The second-order valence-corrected chi connectivity index (χ2v) is 5.40. The van der Waals surface area contributed by atoms with Crippen molar-refractivity contribution in [3.8, 4) is 16.9 Å². The minimum Gasteiger partial charge on any atom is -0.306 e. The minimum atomic E-state index is -0.422. The minimum absolute atomic E-state index is 0.0901. The highest BCUT2D eigenvalue weighted by molar-refractivity contribution is 5.95. The summed E-state index contributed by atoms with van der Waals surface area (Å²) in [6.45, 7) is 0. The van der Waals surface area contributed by atoms with Crippen molar-refractivity contribution in [2.75, 3.05) is 0 Å². The summed E-state index contributed by atoms with van der Waals surface area (Å²) in [5.74, 6) is 0. The van der Waals surface area contributed by atoms with E-state index in [1.807, 2.05) is 60.7 Å². The number of nitrogens with one attached hydrogen (secondary N) is 1. The molecule has 4 aromatic rings. The number of carbonyl (C=O) groups excluding carboxylic acids is 1. The molecule has 0 spiro atoms. The van der Waals surface area contributed by atoms with Crippen LogP contribution in [0.4, 0.5) is 0 Å². The van der Waals surface area contributed by atoms with E-state index in [2.05, 4.69) is 10.1 Å². The van der Waals surface area contributed by atoms with Crippen LogP contribution in [-0.4, -0.2) is 21.1 Å². The van der Waals surface area contributed by atoms with Crippen LogP contribution in [-0.2, 0) is 0 Å². The van der Waals surface area contributed by atoms with Gasteiger partial charge in [-0.2, -0.15) is 5.10 Å². The van der Waals surface area contributed by atoms with Crippen molar-refractivity contribution in [2.45, 2.75) is 0 Å². The molecule has 0 atom stereocenters. The topological polar surface area (TPSA) is 67.8 Å². The summed E-state index contributed by atoms with van der Waals surface area (Å²) in [5, 5.41) is 5.41. The second-order valence-electron chi connectivity index (χ2n) is 5.40. The van der Waals surface area contributed by atoms with Gasteiger partial charge >= 0.3 is 0 Å². The van der Waals surface area contributed by atoms with Crippen LogP contribution in [0.2, 0.25) is 0 Å². The number of para-hydroxylation sites is 1. The molecule has 0 bridgehead atoms. The molecular formula is C19H13N3O2. The second kappa shape index (κ2) is 5.62. The van der Waals surface area contributed by atoms with E-state index in [1.165, 1.54) is 0 Å². The first-order valence-corrected chi connectivity index (χ1v) is 7.50. The number of aromatic nitrogens is 3. The van der Waals surface area contributed by atoms with Gasteiger partial charge in [0, 0.05) is 10.9 Å². The van der Waals surface area contributed by atoms with Crippen LogP contribution in [0.15, 0.2) is 71.5 Å². The number of aromatic amines is 1. The number of hydrogen-bond acceptors (Lipinski definition) is 3. The number of nitrogens with zero attached hydrogens (tertiary/aromatic N) is 2. The van der Waals surface area contributed by atoms with E-state index in [9.17, 15) is 9.59 Å². The van der Waals surface area contributed by atoms with E-state index in [0.717, 1.165) is 16.6 Å². The average Bonchev–Trinajstić information content (AvgIpc) is 3.00. The summed E-state index contributed by atoms with van der Waals surface area (Å²) in [4.78, 5) is 26.0. The van der Waals surface area contributed by atoms with Gasteiger partial charge in [0.25, 0.3) is 5.56 Å². The number of fused-ring (bicyclic) bond motifs is 1. The molecule has 1 N–H and O–H groups in total. The fourth-order valence-corrected chi connectivity index (χ4v) is 2.74. The van der Waals surface area contributed by atoms with Gasteiger partial charge in [0.15, 0.2) is 6.29 Å². The standard InChI is InChI=1S/C19H13N3O2/c23-12-14-11-16-17(13-7-3-1-4-8-13)21-22(18(16)20-19(14)24)15-9-5-2-6-10-15/h1-12H,(H,20,24). The van der Waals surface area contributed by atoms with Gasteiger partial charge in [-0.1, -0.05) is 48.5 Å². The van der Waals surface area contributed by atoms with Crippen molar-refractivity contribution in [1.29, 1.82) is 0 Å². The highest BCUT2D eigenvalue weighted by atomic mass is 16.1. The van der Waals surface area contributed by atoms with Crippen LogP contribution in [0.25, 0.3) is 28.0 Å². The first-order valence-electron chi connectivity index (χ1n) is 7.50. The van der Waals surface area contributed by atoms with Crippen molar-refractivity contribution >= 4 is 17.3 Å². The Kier molecular flexibility index (Phi) is 3.31. The van der Waals surface area contributed by atoms with Gasteiger partial charge in [0.1, 0.15) is 11.3 Å². The zero-order chi connectivity index (χ0) is 16.5. The lowest BCUT2D eigenvalue weighted by Crippen LogP contribution is -2.12. The lowest BCUT2D eigenvalue weighted by Gasteiger charge is -2.02. The third-order valence-corrected chi connectivity index (χ3v) is 3.89. The highest BCUT2D eigenvalue weighted by Crippen LogP contribution is 2.28. The Bertz CT molecular complexity index is 1080. The Morgan fingerprint density at radius 1 is 0.958 bits per heavy atom. The summed E-state index contributed by atoms with van der Waals surface area (Å²) in [5.41, 5.74) is 2.70. The Labute approximate surface area is 137 Å². The quantitative estimate of drug-likeness (QED) is 0.590. The molecule has 24 heavy (non-hydrogen) atoms. The van der Waals surface area contributed by atoms with E-state index in [0.29, 0.717) is 17.6 Å². The zero-order valence-electron chi connectivity index (χ0n) is 12.6. The molecule has 0 aliphatic carbocycles. The number of hydrogen-bond donors (Lipinski definition) is 1. The molecule has 2 heterocycles. The third-order valence-electron chi connectivity index (χ3n) is 3.89. The van der Waals surface area contributed by atoms with Crippen LogP contribution in [0.1, 0.15) is 10.4 Å². The van der Waals surface area contributed by atoms with E-state index in [-0.39, 0.29) is 5.56 Å². The van der Waals surface area contributed by atoms with Crippen molar-refractivity contribution in [3.63, 3.8) is 0 Å². The van der Waals surface area contributed by atoms with Gasteiger partial charge in [0.05, 0.1) is 11.3 Å². The summed E-state index contributed by atoms with van der Waals surface area (Å²) in [7, 11) is 0. The first kappa shape index (κ1) is 14.1. The number of H-pyrrole nitrogens is 1. The first-order chi connectivity index (χ1) is 11.8. The summed E-state index contributed by atoms with van der Waals surface area (Å²) >= 11 is 0. The van der Waals surface area contributed by atoms with Crippen LogP contribution >= 0.6 is 0 Å². The van der Waals surface area contributed by atoms with E-state index < -0.39 is 5.56 Å². The molecule has 0 amide bonds. The Morgan fingerprint density at radius 3 is 2.29 bits per heavy atom. The van der Waals surface area contributed by atoms with Gasteiger partial charge in [0.2, 0.25) is 0 Å². The van der Waals surface area contributed by atoms with Crippen molar-refractivity contribution in [1.82, 2.24) is 14.8 Å². The summed E-state index contributed by atoms with van der Waals surface area (Å²) < 4.78 is 1.69. The predicted molar refractivity (Wildman–Crippen MR) is 92.5 cm³/mol. The Morgan fingerprint density at radius 2 is 1.62 bits per heavy atom. The molecule has 5 heteroatoms. The fraction of sp³-hybridized carbons (Fsp3) is 0. The molecule has 5 nitrogen and oxygen atoms in total. The maximum absolute atomic E-state index is 12.1. The zero-order valence-corrected chi connectivity index (χ0v) is 12.6. The molecule has 0 saturated heterocycles. The molecule has 0 unspecified atom stereocenters. The molecule has 0 radical (unpaired) electrons. The largest absolute Gasteiger partial charge is 0.306 e. The molecule has 2 aromatic carbocycles. The highest BCUT2D eigenvalue weighted by Gasteiger charge is 2.16. The number of benzene rings is 2. The average molecular weight is 315 g/mol. The van der Waals surface area contributed by atoms with Gasteiger partial charge in [-0.15, -0.1) is 0 Å². The van der Waals surface area contributed by atoms with Crippen LogP contribution in [0, 0.1) is 0 Å². The molecule has 0 aliphatic rings. The lowest BCUT2D eigenvalue weighted by atomic mass is 10.1. The Hall–Kier alpha value is -3.47. The smallest absolute Gasteiger partial charge is 0.260 e. The summed E-state index contributed by atoms with van der Waals surface area (Å²) in [6, 6.07) is 20.8. The van der Waals surface area contributed by atoms with E-state index in [1.54, 1.807) is 10.7 Å². The van der Waals surface area contributed by atoms with E-state index >= 15 is 0 Å². The monoisotopic (exact) mass is 315 g/mol. The normalized spacial score (nSPS) is 10.8. The van der Waals surface area contributed by atoms with E-state index in [4.69, 9.17) is 0 Å². The molecule has 0 aliphatic heterocycles. The maximum Gasteiger partial charge on any atom is 0.260 e. The predicted octanol–water partition coefficient (Wildman–Crippen LogP) is 3.19. The van der Waals surface area contributed by atoms with Gasteiger partial charge < -0.3 is 4.98 Å². The lowest BCUT2D eigenvalue weighted by molar-refractivity contribution is 0.112. The number of aldehydes is 1. The molecule has 4 rings (SSSR count). The van der Waals surface area contributed by atoms with Crippen molar-refractivity contribution in [3.05, 3.63) is 82.6 Å². The molecular weight excluding hydrogens is 302 g/mol. The van der Waals surface area contributed by atoms with Crippen molar-refractivity contribution in [2.24, 2.45) is 0 Å². The maximum atomic E-state index is 12.1. The Balaban J connectivity index is 2.09. The van der Waals surface area contributed by atoms with Gasteiger partial charge in [-0.3, -0.25) is 9.59 Å². The van der Waals surface area contributed by atoms with Gasteiger partial charge in [-0.05, 0) is 18.2 Å². The SMILES string of the molecule is O=Cc1cc2c(-c3ccccc3)nn(-c3ccccc3)c2[nH]c1=O. The van der Waals surface area contributed by atoms with Crippen LogP contribution < -0.4 is 5.56 Å². The van der Waals surface area contributed by atoms with Crippen LogP contribution in [0.5, 0.6) is 0 Å². The van der Waals surface area contributed by atoms with Crippen LogP contribution in [0.3, 0.4) is 0 Å². The number of carbonyl (C=O) groups is 1. The molecule has 116 valence electrons. The number of rotatable bonds is 3. The molecule has 2 aromatic heterocycles. The van der Waals surface area contributed by atoms with Gasteiger partial charge in [-0.25, -0.2) is 4.68 Å². The number of pyridine rings is 1.